The maximum absolute atomic E-state index is 15.7. The summed E-state index contributed by atoms with van der Waals surface area (Å²) in [5.41, 5.74) is 20.9. The summed E-state index contributed by atoms with van der Waals surface area (Å²) < 4.78 is 45.9. The second kappa shape index (κ2) is 19.4. The summed E-state index contributed by atoms with van der Waals surface area (Å²) in [6, 6.07) is 105. The molecule has 20 aromatic rings. The summed E-state index contributed by atoms with van der Waals surface area (Å²) in [4.78, 5) is 0. The second-order valence-corrected chi connectivity index (χ2v) is 24.8. The average Bonchev–Trinajstić information content (AvgIpc) is 1.58. The molecular weight excluding hydrogens is 1140 g/mol. The van der Waals surface area contributed by atoms with E-state index in [9.17, 15) is 0 Å². The molecule has 0 aliphatic carbocycles. The molecule has 0 atom stereocenters. The van der Waals surface area contributed by atoms with E-state index in [0.29, 0.717) is 11.1 Å². The van der Waals surface area contributed by atoms with E-state index in [0.717, 1.165) is 133 Å². The molecule has 0 bridgehead atoms. The van der Waals surface area contributed by atoms with Crippen molar-refractivity contribution in [3.63, 3.8) is 0 Å². The average molecular weight is 1200 g/mol. The van der Waals surface area contributed by atoms with Gasteiger partial charge in [-0.05, 0) is 169 Å². The van der Waals surface area contributed by atoms with E-state index in [2.05, 4.69) is 313 Å². The zero-order valence-electron chi connectivity index (χ0n) is 50.2. The van der Waals surface area contributed by atoms with Gasteiger partial charge in [-0.3, -0.25) is 0 Å². The van der Waals surface area contributed by atoms with Gasteiger partial charge in [0.25, 0.3) is 0 Å². The van der Waals surface area contributed by atoms with Crippen molar-refractivity contribution < 1.29 is 8.78 Å². The van der Waals surface area contributed by atoms with Crippen LogP contribution in [0.1, 0.15) is 5.56 Å². The summed E-state index contributed by atoms with van der Waals surface area (Å²) in [6.45, 7) is 2.06. The minimum Gasteiger partial charge on any atom is -0.309 e. The summed E-state index contributed by atoms with van der Waals surface area (Å²) in [5.74, 6) is -1.27. The van der Waals surface area contributed by atoms with E-state index in [1.54, 1.807) is 0 Å². The summed E-state index contributed by atoms with van der Waals surface area (Å²) in [5, 5.41) is 13.7. The molecule has 0 saturated heterocycles. The minimum absolute atomic E-state index is 0.453. The van der Waals surface area contributed by atoms with Gasteiger partial charge in [0.05, 0.1) is 77.6 Å². The van der Waals surface area contributed by atoms with Crippen LogP contribution in [0.25, 0.3) is 176 Å². The van der Waals surface area contributed by atoms with Gasteiger partial charge in [0.1, 0.15) is 11.6 Å². The molecule has 6 heterocycles. The molecule has 8 heteroatoms. The number of hydrogen-bond acceptors (Lipinski definition) is 0. The van der Waals surface area contributed by atoms with Crippen molar-refractivity contribution >= 4 is 131 Å². The molecule has 0 radical (unpaired) electrons. The smallest absolute Gasteiger partial charge is 0.126 e. The fraction of sp³-hybridized carbons (Fsp3) is 0.0118. The van der Waals surface area contributed by atoms with E-state index in [1.807, 2.05) is 0 Å². The van der Waals surface area contributed by atoms with Crippen molar-refractivity contribution in [3.8, 4) is 45.3 Å². The second-order valence-electron chi connectivity index (χ2n) is 24.8. The molecule has 6 aromatic heterocycles. The highest BCUT2D eigenvalue weighted by molar-refractivity contribution is 6.17. The number of benzene rings is 14. The van der Waals surface area contributed by atoms with Crippen LogP contribution in [-0.2, 0) is 0 Å². The Bertz CT molecular complexity index is 6040. The first-order chi connectivity index (χ1) is 45.9. The van der Waals surface area contributed by atoms with E-state index in [1.165, 1.54) is 55.2 Å². The van der Waals surface area contributed by atoms with Crippen molar-refractivity contribution in [2.24, 2.45) is 0 Å². The maximum Gasteiger partial charge on any atom is 0.126 e. The summed E-state index contributed by atoms with van der Waals surface area (Å²) >= 11 is 0. The largest absolute Gasteiger partial charge is 0.309 e. The predicted molar refractivity (Wildman–Crippen MR) is 383 cm³/mol. The Balaban J connectivity index is 0.911. The van der Waals surface area contributed by atoms with Crippen molar-refractivity contribution in [1.29, 1.82) is 0 Å². The highest BCUT2D eigenvalue weighted by atomic mass is 19.1. The van der Waals surface area contributed by atoms with Crippen molar-refractivity contribution in [1.82, 2.24) is 27.4 Å². The lowest BCUT2D eigenvalue weighted by atomic mass is 9.98. The Labute approximate surface area is 530 Å². The van der Waals surface area contributed by atoms with Gasteiger partial charge < -0.3 is 27.4 Å². The Morgan fingerprint density at radius 2 is 0.430 bits per heavy atom. The molecule has 0 N–H and O–H groups in total. The number of halogens is 2. The lowest BCUT2D eigenvalue weighted by molar-refractivity contribution is 0.584. The highest BCUT2D eigenvalue weighted by Gasteiger charge is 2.26. The Morgan fingerprint density at radius 3 is 0.688 bits per heavy atom. The zero-order valence-corrected chi connectivity index (χ0v) is 50.2. The van der Waals surface area contributed by atoms with Gasteiger partial charge in [-0.1, -0.05) is 146 Å². The molecule has 14 aromatic carbocycles. The summed E-state index contributed by atoms with van der Waals surface area (Å²) in [7, 11) is 0. The first kappa shape index (κ1) is 51.6. The van der Waals surface area contributed by atoms with E-state index < -0.39 is 11.6 Å². The molecule has 0 amide bonds. The zero-order chi connectivity index (χ0) is 61.3. The third-order valence-corrected chi connectivity index (χ3v) is 19.8. The van der Waals surface area contributed by atoms with Crippen LogP contribution in [0.3, 0.4) is 0 Å². The minimum atomic E-state index is -0.637. The molecule has 0 saturated carbocycles. The van der Waals surface area contributed by atoms with Gasteiger partial charge in [0.2, 0.25) is 0 Å². The number of fused-ring (bicyclic) bond motifs is 18. The molecule has 0 unspecified atom stereocenters. The third-order valence-electron chi connectivity index (χ3n) is 19.8. The first-order valence-corrected chi connectivity index (χ1v) is 31.6. The molecule has 0 aliphatic rings. The topological polar surface area (TPSA) is 29.6 Å². The first-order valence-electron chi connectivity index (χ1n) is 31.6. The van der Waals surface area contributed by atoms with Gasteiger partial charge in [0.15, 0.2) is 0 Å². The number of para-hydroxylation sites is 8. The number of nitrogens with zero attached hydrogens (tertiary/aromatic N) is 6. The van der Waals surface area contributed by atoms with Crippen LogP contribution in [0.15, 0.2) is 297 Å². The quantitative estimate of drug-likeness (QED) is 0.152. The number of aromatic nitrogens is 6. The van der Waals surface area contributed by atoms with Crippen molar-refractivity contribution in [3.05, 3.63) is 314 Å². The van der Waals surface area contributed by atoms with Crippen LogP contribution < -0.4 is 0 Å². The summed E-state index contributed by atoms with van der Waals surface area (Å²) in [6.07, 6.45) is 0. The van der Waals surface area contributed by atoms with E-state index in [-0.39, 0.29) is 0 Å². The molecule has 436 valence electrons. The van der Waals surface area contributed by atoms with Gasteiger partial charge in [-0.25, -0.2) is 8.78 Å². The lowest BCUT2D eigenvalue weighted by Crippen LogP contribution is -2.06. The number of rotatable bonds is 7. The monoisotopic (exact) mass is 1190 g/mol. The van der Waals surface area contributed by atoms with Gasteiger partial charge >= 0.3 is 0 Å². The third kappa shape index (κ3) is 7.37. The highest BCUT2D eigenvalue weighted by Crippen LogP contribution is 2.46. The van der Waals surface area contributed by atoms with Crippen LogP contribution in [0, 0.1) is 18.6 Å². The van der Waals surface area contributed by atoms with Crippen LogP contribution in [-0.4, -0.2) is 27.4 Å². The van der Waals surface area contributed by atoms with Crippen molar-refractivity contribution in [2.45, 2.75) is 6.92 Å². The Hall–Kier alpha value is -12.3. The normalized spacial score (nSPS) is 12.2. The van der Waals surface area contributed by atoms with E-state index in [4.69, 9.17) is 0 Å². The standard InChI is InChI=1S/C85H52F2N6/c1-51-42-84(92-80-38-34-55(88-72-26-10-2-18-59(72)60-19-3-11-27-73(60)88)46-68(80)69-47-56(35-39-81(69)92)89-74-28-12-4-20-61(74)62-21-5-13-29-75(62)89)85(50-67(51)52-43-53(86)45-54(87)44-52)93-82-40-36-57(90-76-30-14-6-22-63(76)64-23-7-15-31-77(64)90)48-70(82)71-49-58(37-41-83(71)93)91-78-32-16-8-24-65(78)66-25-9-17-33-79(66)91/h2-50H,1H3. The SMILES string of the molecule is Cc1cc(-n2c3ccc(-n4c5ccccc5c5ccccc54)cc3c3cc(-n4c5ccccc5c5ccccc54)ccc32)c(-n2c3ccc(-n4c5ccccc5c5ccccc54)cc3c3cc(-n4c5ccccc5c5ccccc54)ccc32)cc1-c1cc(F)cc(F)c1. The molecule has 93 heavy (non-hydrogen) atoms. The Kier molecular flexibility index (Phi) is 10.8. The maximum atomic E-state index is 15.7. The van der Waals surface area contributed by atoms with Gasteiger partial charge in [-0.15, -0.1) is 0 Å². The predicted octanol–water partition coefficient (Wildman–Crippen LogP) is 22.5. The van der Waals surface area contributed by atoms with Crippen molar-refractivity contribution in [2.75, 3.05) is 0 Å². The van der Waals surface area contributed by atoms with Gasteiger partial charge in [0, 0.05) is 93.5 Å². The van der Waals surface area contributed by atoms with Crippen LogP contribution in [0.5, 0.6) is 0 Å². The van der Waals surface area contributed by atoms with Crippen LogP contribution >= 0.6 is 0 Å². The lowest BCUT2D eigenvalue weighted by Gasteiger charge is -2.20. The number of hydrogen-bond donors (Lipinski definition) is 0. The fourth-order valence-corrected chi connectivity index (χ4v) is 15.9. The molecule has 6 nitrogen and oxygen atoms in total. The Morgan fingerprint density at radius 1 is 0.204 bits per heavy atom. The fourth-order valence-electron chi connectivity index (χ4n) is 15.9. The molecular formula is C85H52F2N6. The van der Waals surface area contributed by atoms with Crippen LogP contribution in [0.4, 0.5) is 8.78 Å². The van der Waals surface area contributed by atoms with E-state index >= 15 is 8.78 Å². The number of aryl methyl sites for hydroxylation is 1. The molecule has 20 rings (SSSR count). The molecule has 0 fully saturated rings. The molecule has 0 spiro atoms. The van der Waals surface area contributed by atoms with Gasteiger partial charge in [-0.2, -0.15) is 0 Å². The van der Waals surface area contributed by atoms with Crippen LogP contribution in [0.2, 0.25) is 0 Å². The molecule has 0 aliphatic heterocycles.